The molecule has 0 aliphatic rings. The Kier molecular flexibility index (Phi) is 4.77. The van der Waals surface area contributed by atoms with Gasteiger partial charge in [0.05, 0.1) is 12.2 Å². The first-order valence-corrected chi connectivity index (χ1v) is 5.53. The third kappa shape index (κ3) is 3.54. The predicted molar refractivity (Wildman–Crippen MR) is 66.3 cm³/mol. The van der Waals surface area contributed by atoms with Crippen LogP contribution in [0.25, 0.3) is 6.08 Å². The van der Waals surface area contributed by atoms with Gasteiger partial charge in [-0.25, -0.2) is 4.79 Å². The van der Waals surface area contributed by atoms with Crippen LogP contribution in [-0.4, -0.2) is 12.6 Å². The molecule has 86 valence electrons. The van der Waals surface area contributed by atoms with Gasteiger partial charge < -0.3 is 4.74 Å². The highest BCUT2D eigenvalue weighted by molar-refractivity contribution is 5.93. The molecule has 2 heteroatoms. The molecule has 0 unspecified atom stereocenters. The van der Waals surface area contributed by atoms with Crippen LogP contribution in [0.1, 0.15) is 36.2 Å². The molecule has 0 aliphatic heterocycles. The molecule has 0 amide bonds. The van der Waals surface area contributed by atoms with E-state index in [1.54, 1.807) is 12.1 Å². The number of benzene rings is 1. The SMILES string of the molecule is C=Cc1ccccc1C(=O)OCCC(C)C. The van der Waals surface area contributed by atoms with E-state index in [2.05, 4.69) is 20.4 Å². The van der Waals surface area contributed by atoms with Crippen molar-refractivity contribution in [2.24, 2.45) is 5.92 Å². The van der Waals surface area contributed by atoms with Gasteiger partial charge in [0.1, 0.15) is 0 Å². The van der Waals surface area contributed by atoms with E-state index >= 15 is 0 Å². The Morgan fingerprint density at radius 3 is 2.75 bits per heavy atom. The summed E-state index contributed by atoms with van der Waals surface area (Å²) in [6.45, 7) is 8.35. The highest BCUT2D eigenvalue weighted by atomic mass is 16.5. The molecule has 0 heterocycles. The third-order valence-corrected chi connectivity index (χ3v) is 2.33. The summed E-state index contributed by atoms with van der Waals surface area (Å²) in [7, 11) is 0. The maximum Gasteiger partial charge on any atom is 0.338 e. The summed E-state index contributed by atoms with van der Waals surface area (Å²) in [5.41, 5.74) is 1.40. The molecule has 16 heavy (non-hydrogen) atoms. The van der Waals surface area contributed by atoms with Crippen LogP contribution in [0.15, 0.2) is 30.8 Å². The Hall–Kier alpha value is -1.57. The third-order valence-electron chi connectivity index (χ3n) is 2.33. The van der Waals surface area contributed by atoms with Gasteiger partial charge in [-0.3, -0.25) is 0 Å². The molecule has 0 aromatic heterocycles. The van der Waals surface area contributed by atoms with Gasteiger partial charge >= 0.3 is 5.97 Å². The second-order valence-corrected chi connectivity index (χ2v) is 4.11. The maximum absolute atomic E-state index is 11.7. The van der Waals surface area contributed by atoms with E-state index < -0.39 is 0 Å². The number of hydrogen-bond donors (Lipinski definition) is 0. The fraction of sp³-hybridized carbons (Fsp3) is 0.357. The number of carbonyl (C=O) groups excluding carboxylic acids is 1. The quantitative estimate of drug-likeness (QED) is 0.707. The molecule has 0 saturated heterocycles. The highest BCUT2D eigenvalue weighted by Gasteiger charge is 2.10. The smallest absolute Gasteiger partial charge is 0.338 e. The van der Waals surface area contributed by atoms with E-state index in [0.29, 0.717) is 18.1 Å². The number of ether oxygens (including phenoxy) is 1. The minimum Gasteiger partial charge on any atom is -0.462 e. The first-order valence-electron chi connectivity index (χ1n) is 5.53. The Morgan fingerprint density at radius 1 is 1.44 bits per heavy atom. The van der Waals surface area contributed by atoms with Gasteiger partial charge in [-0.1, -0.05) is 44.7 Å². The molecule has 0 N–H and O–H groups in total. The zero-order valence-electron chi connectivity index (χ0n) is 9.90. The van der Waals surface area contributed by atoms with Crippen LogP contribution in [0, 0.1) is 5.92 Å². The van der Waals surface area contributed by atoms with Gasteiger partial charge in [0, 0.05) is 0 Å². The van der Waals surface area contributed by atoms with Crippen molar-refractivity contribution in [3.63, 3.8) is 0 Å². The number of carbonyl (C=O) groups is 1. The minimum absolute atomic E-state index is 0.267. The number of hydrogen-bond acceptors (Lipinski definition) is 2. The van der Waals surface area contributed by atoms with Gasteiger partial charge in [-0.15, -0.1) is 0 Å². The summed E-state index contributed by atoms with van der Waals surface area (Å²) in [5, 5.41) is 0. The summed E-state index contributed by atoms with van der Waals surface area (Å²) < 4.78 is 5.19. The van der Waals surface area contributed by atoms with Crippen LogP contribution in [0.3, 0.4) is 0 Å². The molecule has 0 fully saturated rings. The fourth-order valence-corrected chi connectivity index (χ4v) is 1.33. The lowest BCUT2D eigenvalue weighted by molar-refractivity contribution is 0.0488. The van der Waals surface area contributed by atoms with Crippen LogP contribution < -0.4 is 0 Å². The first kappa shape index (κ1) is 12.5. The summed E-state index contributed by atoms with van der Waals surface area (Å²) in [4.78, 5) is 11.7. The summed E-state index contributed by atoms with van der Waals surface area (Å²) in [6, 6.07) is 7.31. The zero-order valence-corrected chi connectivity index (χ0v) is 9.90. The lowest BCUT2D eigenvalue weighted by Gasteiger charge is -2.08. The van der Waals surface area contributed by atoms with Crippen molar-refractivity contribution in [2.45, 2.75) is 20.3 Å². The topological polar surface area (TPSA) is 26.3 Å². The molecular weight excluding hydrogens is 200 g/mol. The second kappa shape index (κ2) is 6.11. The number of esters is 1. The van der Waals surface area contributed by atoms with Crippen molar-refractivity contribution in [3.05, 3.63) is 42.0 Å². The predicted octanol–water partition coefficient (Wildman–Crippen LogP) is 3.53. The molecule has 0 radical (unpaired) electrons. The van der Waals surface area contributed by atoms with Crippen LogP contribution in [0.5, 0.6) is 0 Å². The molecule has 1 rings (SSSR count). The van der Waals surface area contributed by atoms with E-state index in [4.69, 9.17) is 4.74 Å². The van der Waals surface area contributed by atoms with Gasteiger partial charge in [-0.2, -0.15) is 0 Å². The normalized spacial score (nSPS) is 10.2. The summed E-state index contributed by atoms with van der Waals surface area (Å²) in [5.74, 6) is 0.276. The van der Waals surface area contributed by atoms with Gasteiger partial charge in [0.2, 0.25) is 0 Å². The van der Waals surface area contributed by atoms with Crippen molar-refractivity contribution in [2.75, 3.05) is 6.61 Å². The van der Waals surface area contributed by atoms with Crippen LogP contribution in [0.2, 0.25) is 0 Å². The minimum atomic E-state index is -0.267. The molecule has 0 bridgehead atoms. The number of rotatable bonds is 5. The Morgan fingerprint density at radius 2 is 2.12 bits per heavy atom. The van der Waals surface area contributed by atoms with Gasteiger partial charge in [0.25, 0.3) is 0 Å². The Balaban J connectivity index is 2.62. The van der Waals surface area contributed by atoms with E-state index in [1.165, 1.54) is 0 Å². The fourth-order valence-electron chi connectivity index (χ4n) is 1.33. The van der Waals surface area contributed by atoms with Crippen molar-refractivity contribution in [3.8, 4) is 0 Å². The Labute approximate surface area is 96.9 Å². The monoisotopic (exact) mass is 218 g/mol. The maximum atomic E-state index is 11.7. The largest absolute Gasteiger partial charge is 0.462 e. The zero-order chi connectivity index (χ0) is 12.0. The lowest BCUT2D eigenvalue weighted by Crippen LogP contribution is -2.09. The molecule has 0 aliphatic carbocycles. The van der Waals surface area contributed by atoms with E-state index in [1.807, 2.05) is 18.2 Å². The second-order valence-electron chi connectivity index (χ2n) is 4.11. The first-order chi connectivity index (χ1) is 7.65. The van der Waals surface area contributed by atoms with Crippen LogP contribution in [0.4, 0.5) is 0 Å². The van der Waals surface area contributed by atoms with E-state index in [0.717, 1.165) is 12.0 Å². The molecule has 1 aromatic carbocycles. The van der Waals surface area contributed by atoms with Crippen LogP contribution in [-0.2, 0) is 4.74 Å². The average Bonchev–Trinajstić information content (AvgIpc) is 2.28. The van der Waals surface area contributed by atoms with Crippen molar-refractivity contribution in [1.29, 1.82) is 0 Å². The van der Waals surface area contributed by atoms with Crippen molar-refractivity contribution < 1.29 is 9.53 Å². The summed E-state index contributed by atoms with van der Waals surface area (Å²) in [6.07, 6.45) is 2.56. The summed E-state index contributed by atoms with van der Waals surface area (Å²) >= 11 is 0. The van der Waals surface area contributed by atoms with Crippen molar-refractivity contribution >= 4 is 12.0 Å². The van der Waals surface area contributed by atoms with Gasteiger partial charge in [-0.05, 0) is 24.0 Å². The molecular formula is C14H18O2. The molecule has 2 nitrogen and oxygen atoms in total. The Bertz CT molecular complexity index is 367. The van der Waals surface area contributed by atoms with E-state index in [-0.39, 0.29) is 5.97 Å². The molecule has 0 saturated carbocycles. The van der Waals surface area contributed by atoms with Crippen LogP contribution >= 0.6 is 0 Å². The highest BCUT2D eigenvalue weighted by Crippen LogP contribution is 2.12. The van der Waals surface area contributed by atoms with Crippen molar-refractivity contribution in [1.82, 2.24) is 0 Å². The average molecular weight is 218 g/mol. The van der Waals surface area contributed by atoms with Gasteiger partial charge in [0.15, 0.2) is 0 Å². The molecule has 1 aromatic rings. The molecule has 0 atom stereocenters. The lowest BCUT2D eigenvalue weighted by atomic mass is 10.1. The standard InChI is InChI=1S/C14H18O2/c1-4-12-7-5-6-8-13(12)14(15)16-10-9-11(2)3/h4-8,11H,1,9-10H2,2-3H3. The molecule has 0 spiro atoms. The van der Waals surface area contributed by atoms with E-state index in [9.17, 15) is 4.79 Å².